The third-order valence-corrected chi connectivity index (χ3v) is 3.67. The molecule has 1 aromatic carbocycles. The number of hydrogen-bond donors (Lipinski definition) is 2. The van der Waals surface area contributed by atoms with Gasteiger partial charge in [0.05, 0.1) is 12.0 Å². The van der Waals surface area contributed by atoms with Crippen LogP contribution in [0.4, 0.5) is 0 Å². The lowest BCUT2D eigenvalue weighted by atomic mass is 10.1. The van der Waals surface area contributed by atoms with Crippen LogP contribution in [0.2, 0.25) is 5.02 Å². The Kier molecular flexibility index (Phi) is 3.88. The van der Waals surface area contributed by atoms with Crippen molar-refractivity contribution < 1.29 is 5.11 Å². The second kappa shape index (κ2) is 5.39. The Morgan fingerprint density at radius 2 is 2.29 bits per heavy atom. The molecule has 17 heavy (non-hydrogen) atoms. The fraction of sp³-hybridized carbons (Fsp3) is 0.462. The van der Waals surface area contributed by atoms with Crippen molar-refractivity contribution >= 4 is 11.6 Å². The number of aromatic hydroxyl groups is 1. The Balaban J connectivity index is 2.01. The predicted molar refractivity (Wildman–Crippen MR) is 66.7 cm³/mol. The second-order valence-electron chi connectivity index (χ2n) is 4.39. The van der Waals surface area contributed by atoms with E-state index in [-0.39, 0.29) is 17.7 Å². The average Bonchev–Trinajstić information content (AvgIpc) is 2.76. The maximum absolute atomic E-state index is 9.70. The van der Waals surface area contributed by atoms with E-state index >= 15 is 0 Å². The van der Waals surface area contributed by atoms with Gasteiger partial charge in [-0.2, -0.15) is 5.26 Å². The molecule has 0 radical (unpaired) electrons. The molecule has 1 aromatic rings. The van der Waals surface area contributed by atoms with E-state index in [1.165, 1.54) is 0 Å². The highest BCUT2D eigenvalue weighted by Gasteiger charge is 2.26. The van der Waals surface area contributed by atoms with Crippen molar-refractivity contribution in [1.82, 2.24) is 5.32 Å². The van der Waals surface area contributed by atoms with Crippen LogP contribution in [-0.4, -0.2) is 11.1 Å². The predicted octanol–water partition coefficient (Wildman–Crippen LogP) is 2.83. The van der Waals surface area contributed by atoms with Crippen molar-refractivity contribution in [3.63, 3.8) is 0 Å². The number of nitrogens with one attached hydrogen (secondary N) is 1. The van der Waals surface area contributed by atoms with Gasteiger partial charge >= 0.3 is 0 Å². The first-order valence-electron chi connectivity index (χ1n) is 5.81. The summed E-state index contributed by atoms with van der Waals surface area (Å²) in [7, 11) is 0. The summed E-state index contributed by atoms with van der Waals surface area (Å²) in [6.07, 6.45) is 3.07. The number of hydrogen-bond acceptors (Lipinski definition) is 3. The van der Waals surface area contributed by atoms with Crippen molar-refractivity contribution in [2.75, 3.05) is 0 Å². The normalized spacial score (nSPS) is 23.5. The molecule has 2 N–H and O–H groups in total. The number of rotatable bonds is 3. The van der Waals surface area contributed by atoms with Crippen LogP contribution in [0.5, 0.6) is 5.75 Å². The van der Waals surface area contributed by atoms with E-state index < -0.39 is 0 Å². The second-order valence-corrected chi connectivity index (χ2v) is 4.80. The molecule has 1 fully saturated rings. The zero-order chi connectivity index (χ0) is 12.3. The Morgan fingerprint density at radius 1 is 1.47 bits per heavy atom. The van der Waals surface area contributed by atoms with Gasteiger partial charge in [0.25, 0.3) is 0 Å². The summed E-state index contributed by atoms with van der Waals surface area (Å²) < 4.78 is 0. The van der Waals surface area contributed by atoms with Crippen molar-refractivity contribution in [1.29, 1.82) is 5.26 Å². The SMILES string of the molecule is N#CC1CCCC1NCc1c(O)cccc1Cl. The zero-order valence-corrected chi connectivity index (χ0v) is 10.2. The van der Waals surface area contributed by atoms with E-state index in [0.29, 0.717) is 17.1 Å². The molecule has 0 aromatic heterocycles. The summed E-state index contributed by atoms with van der Waals surface area (Å²) in [6, 6.07) is 7.64. The maximum Gasteiger partial charge on any atom is 0.121 e. The molecule has 4 heteroatoms. The Bertz CT molecular complexity index is 421. The molecule has 90 valence electrons. The Labute approximate surface area is 106 Å². The van der Waals surface area contributed by atoms with Crippen molar-refractivity contribution in [2.24, 2.45) is 5.92 Å². The molecule has 0 aliphatic heterocycles. The Hall–Kier alpha value is -1.24. The summed E-state index contributed by atoms with van der Waals surface area (Å²) in [5, 5.41) is 22.5. The topological polar surface area (TPSA) is 56.0 Å². The number of nitriles is 1. The van der Waals surface area contributed by atoms with E-state index in [1.807, 2.05) is 0 Å². The van der Waals surface area contributed by atoms with Crippen LogP contribution < -0.4 is 5.32 Å². The van der Waals surface area contributed by atoms with Crippen molar-refractivity contribution in [3.05, 3.63) is 28.8 Å². The monoisotopic (exact) mass is 250 g/mol. The minimum Gasteiger partial charge on any atom is -0.508 e. The smallest absolute Gasteiger partial charge is 0.121 e. The molecule has 1 aliphatic carbocycles. The van der Waals surface area contributed by atoms with Gasteiger partial charge in [0.15, 0.2) is 0 Å². The highest BCUT2D eigenvalue weighted by Crippen LogP contribution is 2.28. The van der Waals surface area contributed by atoms with E-state index in [1.54, 1.807) is 18.2 Å². The van der Waals surface area contributed by atoms with E-state index in [9.17, 15) is 5.11 Å². The van der Waals surface area contributed by atoms with E-state index in [2.05, 4.69) is 11.4 Å². The Morgan fingerprint density at radius 3 is 3.00 bits per heavy atom. The first-order valence-corrected chi connectivity index (χ1v) is 6.19. The number of nitrogens with zero attached hydrogens (tertiary/aromatic N) is 1. The summed E-state index contributed by atoms with van der Waals surface area (Å²) in [4.78, 5) is 0. The molecular formula is C13H15ClN2O. The molecule has 0 heterocycles. The third-order valence-electron chi connectivity index (χ3n) is 3.32. The fourth-order valence-corrected chi connectivity index (χ4v) is 2.55. The highest BCUT2D eigenvalue weighted by molar-refractivity contribution is 6.31. The summed E-state index contributed by atoms with van der Waals surface area (Å²) in [5.41, 5.74) is 0.706. The van der Waals surface area contributed by atoms with Crippen molar-refractivity contribution in [3.8, 4) is 11.8 Å². The average molecular weight is 251 g/mol. The fourth-order valence-electron chi connectivity index (χ4n) is 2.31. The van der Waals surface area contributed by atoms with Crippen LogP contribution >= 0.6 is 11.6 Å². The van der Waals surface area contributed by atoms with Crippen LogP contribution in [0.3, 0.4) is 0 Å². The van der Waals surface area contributed by atoms with Crippen LogP contribution in [0.25, 0.3) is 0 Å². The van der Waals surface area contributed by atoms with E-state index in [0.717, 1.165) is 19.3 Å². The lowest BCUT2D eigenvalue weighted by molar-refractivity contribution is 0.440. The lowest BCUT2D eigenvalue weighted by Crippen LogP contribution is -2.31. The van der Waals surface area contributed by atoms with Gasteiger partial charge in [-0.1, -0.05) is 24.1 Å². The van der Waals surface area contributed by atoms with E-state index in [4.69, 9.17) is 16.9 Å². The summed E-state index contributed by atoms with van der Waals surface area (Å²) in [5.74, 6) is 0.288. The molecule has 1 saturated carbocycles. The van der Waals surface area contributed by atoms with Gasteiger partial charge in [-0.25, -0.2) is 0 Å². The van der Waals surface area contributed by atoms with Gasteiger partial charge in [-0.3, -0.25) is 0 Å². The molecule has 0 bridgehead atoms. The molecule has 2 rings (SSSR count). The van der Waals surface area contributed by atoms with Gasteiger partial charge in [-0.15, -0.1) is 0 Å². The molecule has 1 aliphatic rings. The van der Waals surface area contributed by atoms with Gasteiger partial charge in [0.2, 0.25) is 0 Å². The van der Waals surface area contributed by atoms with Gasteiger partial charge in [-0.05, 0) is 25.0 Å². The number of halogens is 1. The lowest BCUT2D eigenvalue weighted by Gasteiger charge is -2.16. The number of phenols is 1. The van der Waals surface area contributed by atoms with Gasteiger partial charge < -0.3 is 10.4 Å². The van der Waals surface area contributed by atoms with Crippen LogP contribution in [0.15, 0.2) is 18.2 Å². The zero-order valence-electron chi connectivity index (χ0n) is 9.49. The summed E-state index contributed by atoms with van der Waals surface area (Å²) in [6.45, 7) is 0.508. The number of phenolic OH excluding ortho intramolecular Hbond substituents is 1. The molecular weight excluding hydrogens is 236 g/mol. The molecule has 0 spiro atoms. The number of benzene rings is 1. The molecule has 0 saturated heterocycles. The van der Waals surface area contributed by atoms with Gasteiger partial charge in [0.1, 0.15) is 5.75 Å². The molecule has 0 amide bonds. The molecule has 2 unspecified atom stereocenters. The largest absolute Gasteiger partial charge is 0.508 e. The van der Waals surface area contributed by atoms with Crippen molar-refractivity contribution in [2.45, 2.75) is 31.8 Å². The third kappa shape index (κ3) is 2.71. The molecule has 3 nitrogen and oxygen atoms in total. The first kappa shape index (κ1) is 12.2. The van der Waals surface area contributed by atoms with Crippen LogP contribution in [0, 0.1) is 17.2 Å². The highest BCUT2D eigenvalue weighted by atomic mass is 35.5. The maximum atomic E-state index is 9.70. The van der Waals surface area contributed by atoms with Gasteiger partial charge in [0, 0.05) is 23.2 Å². The first-order chi connectivity index (χ1) is 8.22. The standard InChI is InChI=1S/C13H15ClN2O/c14-11-4-2-6-13(17)10(11)8-16-12-5-1-3-9(12)7-15/h2,4,6,9,12,16-17H,1,3,5,8H2. The summed E-state index contributed by atoms with van der Waals surface area (Å²) >= 11 is 6.02. The quantitative estimate of drug-likeness (QED) is 0.867. The molecule has 2 atom stereocenters. The minimum atomic E-state index is 0.0830. The van der Waals surface area contributed by atoms with Crippen LogP contribution in [-0.2, 0) is 6.54 Å². The van der Waals surface area contributed by atoms with Crippen LogP contribution in [0.1, 0.15) is 24.8 Å². The minimum absolute atomic E-state index is 0.0830.